The van der Waals surface area contributed by atoms with Crippen LogP contribution in [0.25, 0.3) is 10.8 Å². The second kappa shape index (κ2) is 7.70. The second-order valence-electron chi connectivity index (χ2n) is 6.44. The molecule has 7 heteroatoms. The second-order valence-corrected chi connectivity index (χ2v) is 8.45. The molecule has 0 saturated carbocycles. The predicted octanol–water partition coefficient (Wildman–Crippen LogP) is 2.88. The number of hydrogen-bond donors (Lipinski definition) is 1. The van der Waals surface area contributed by atoms with Crippen molar-refractivity contribution in [2.45, 2.75) is 18.7 Å². The van der Waals surface area contributed by atoms with Crippen molar-refractivity contribution in [3.05, 3.63) is 36.4 Å². The van der Waals surface area contributed by atoms with E-state index in [2.05, 4.69) is 0 Å². The number of methoxy groups -OCH3 is 1. The number of hydrogen-bond acceptors (Lipinski definition) is 4. The van der Waals surface area contributed by atoms with Crippen molar-refractivity contribution in [2.24, 2.45) is 11.1 Å². The van der Waals surface area contributed by atoms with Crippen molar-refractivity contribution >= 4 is 33.2 Å². The van der Waals surface area contributed by atoms with Crippen molar-refractivity contribution in [2.75, 3.05) is 27.2 Å². The average Bonchev–Trinajstić information content (AvgIpc) is 2.53. The third-order valence-electron chi connectivity index (χ3n) is 3.96. The Morgan fingerprint density at radius 2 is 1.71 bits per heavy atom. The Labute approximate surface area is 150 Å². The van der Waals surface area contributed by atoms with E-state index in [0.29, 0.717) is 24.2 Å². The lowest BCUT2D eigenvalue weighted by atomic mass is 9.94. The number of nitrogens with zero attached hydrogens (tertiary/aromatic N) is 1. The van der Waals surface area contributed by atoms with E-state index >= 15 is 0 Å². The van der Waals surface area contributed by atoms with Gasteiger partial charge in [0, 0.05) is 24.4 Å². The van der Waals surface area contributed by atoms with Gasteiger partial charge in [-0.3, -0.25) is 0 Å². The maximum Gasteiger partial charge on any atom is 0.243 e. The Balaban J connectivity index is 0.00000288. The zero-order chi connectivity index (χ0) is 17.3. The minimum absolute atomic E-state index is 0. The van der Waals surface area contributed by atoms with E-state index in [-0.39, 0.29) is 22.7 Å². The van der Waals surface area contributed by atoms with Crippen molar-refractivity contribution in [1.29, 1.82) is 0 Å². The summed E-state index contributed by atoms with van der Waals surface area (Å²) in [5.74, 6) is 0.657. The number of rotatable bonds is 6. The molecule has 2 aromatic carbocycles. The highest BCUT2D eigenvalue weighted by Crippen LogP contribution is 2.32. The summed E-state index contributed by atoms with van der Waals surface area (Å²) in [6, 6.07) is 10.6. The first kappa shape index (κ1) is 20.7. The highest BCUT2D eigenvalue weighted by Gasteiger charge is 2.28. The van der Waals surface area contributed by atoms with E-state index in [9.17, 15) is 8.42 Å². The molecule has 0 saturated heterocycles. The molecule has 2 aromatic rings. The lowest BCUT2D eigenvalue weighted by molar-refractivity contribution is 0.292. The number of fused-ring (bicyclic) bond motifs is 1. The first-order valence-corrected chi connectivity index (χ1v) is 8.89. The summed E-state index contributed by atoms with van der Waals surface area (Å²) >= 11 is 0. The summed E-state index contributed by atoms with van der Waals surface area (Å²) in [5, 5.41) is 1.44. The molecule has 24 heavy (non-hydrogen) atoms. The van der Waals surface area contributed by atoms with Crippen LogP contribution in [-0.4, -0.2) is 40.0 Å². The van der Waals surface area contributed by atoms with Crippen molar-refractivity contribution in [1.82, 2.24) is 4.31 Å². The van der Waals surface area contributed by atoms with Crippen LogP contribution in [0.2, 0.25) is 0 Å². The molecular weight excluding hydrogens is 348 g/mol. The molecule has 0 aliphatic rings. The lowest BCUT2D eigenvalue weighted by Crippen LogP contribution is -2.39. The van der Waals surface area contributed by atoms with Gasteiger partial charge in [0.25, 0.3) is 0 Å². The molecule has 0 aromatic heterocycles. The van der Waals surface area contributed by atoms with Gasteiger partial charge >= 0.3 is 0 Å². The molecule has 0 unspecified atom stereocenters. The maximum atomic E-state index is 13.0. The number of ether oxygens (including phenoxy) is 1. The van der Waals surface area contributed by atoms with Gasteiger partial charge in [0.15, 0.2) is 0 Å². The molecule has 0 bridgehead atoms. The Morgan fingerprint density at radius 3 is 2.25 bits per heavy atom. The molecule has 2 N–H and O–H groups in total. The van der Waals surface area contributed by atoms with E-state index in [0.717, 1.165) is 5.39 Å². The van der Waals surface area contributed by atoms with E-state index in [1.54, 1.807) is 32.4 Å². The van der Waals surface area contributed by atoms with Gasteiger partial charge < -0.3 is 10.5 Å². The summed E-state index contributed by atoms with van der Waals surface area (Å²) < 4.78 is 32.7. The topological polar surface area (TPSA) is 72.6 Å². The number of sulfonamides is 1. The Hall–Kier alpha value is -1.34. The number of nitrogens with two attached hydrogens (primary N) is 1. The molecule has 0 aliphatic heterocycles. The van der Waals surface area contributed by atoms with Gasteiger partial charge in [-0.25, -0.2) is 12.7 Å². The van der Waals surface area contributed by atoms with Gasteiger partial charge in [-0.05, 0) is 24.1 Å². The number of benzene rings is 2. The van der Waals surface area contributed by atoms with Crippen LogP contribution >= 0.6 is 12.4 Å². The zero-order valence-corrected chi connectivity index (χ0v) is 16.1. The normalized spacial score (nSPS) is 12.2. The maximum absolute atomic E-state index is 13.0. The third-order valence-corrected chi connectivity index (χ3v) is 5.82. The van der Waals surface area contributed by atoms with Crippen LogP contribution in [0, 0.1) is 5.41 Å². The van der Waals surface area contributed by atoms with Crippen molar-refractivity contribution in [3.63, 3.8) is 0 Å². The highest BCUT2D eigenvalue weighted by molar-refractivity contribution is 7.89. The van der Waals surface area contributed by atoms with Gasteiger partial charge in [0.1, 0.15) is 5.75 Å². The Morgan fingerprint density at radius 1 is 1.12 bits per heavy atom. The van der Waals surface area contributed by atoms with Gasteiger partial charge in [-0.1, -0.05) is 38.1 Å². The Bertz CT molecular complexity index is 807. The summed E-state index contributed by atoms with van der Waals surface area (Å²) in [6.07, 6.45) is 0. The van der Waals surface area contributed by atoms with Gasteiger partial charge in [0.05, 0.1) is 12.0 Å². The molecule has 0 radical (unpaired) electrons. The smallest absolute Gasteiger partial charge is 0.243 e. The fraction of sp³-hybridized carbons (Fsp3) is 0.412. The van der Waals surface area contributed by atoms with Crippen LogP contribution in [0.15, 0.2) is 41.3 Å². The van der Waals surface area contributed by atoms with Crippen LogP contribution < -0.4 is 10.5 Å². The van der Waals surface area contributed by atoms with Crippen LogP contribution in [0.3, 0.4) is 0 Å². The molecule has 0 amide bonds. The monoisotopic (exact) mass is 372 g/mol. The zero-order valence-electron chi connectivity index (χ0n) is 14.4. The fourth-order valence-electron chi connectivity index (χ4n) is 2.57. The molecule has 0 aliphatic carbocycles. The van der Waals surface area contributed by atoms with Crippen LogP contribution in [0.5, 0.6) is 5.75 Å². The van der Waals surface area contributed by atoms with Crippen LogP contribution in [-0.2, 0) is 10.0 Å². The lowest BCUT2D eigenvalue weighted by Gasteiger charge is -2.28. The van der Waals surface area contributed by atoms with Gasteiger partial charge in [-0.2, -0.15) is 0 Å². The first-order valence-electron chi connectivity index (χ1n) is 7.45. The molecule has 134 valence electrons. The molecule has 0 spiro atoms. The Kier molecular flexibility index (Phi) is 6.64. The van der Waals surface area contributed by atoms with Crippen molar-refractivity contribution < 1.29 is 13.2 Å². The van der Waals surface area contributed by atoms with Crippen LogP contribution in [0.1, 0.15) is 13.8 Å². The molecule has 5 nitrogen and oxygen atoms in total. The predicted molar refractivity (Wildman–Crippen MR) is 100 cm³/mol. The van der Waals surface area contributed by atoms with E-state index in [4.69, 9.17) is 10.5 Å². The highest BCUT2D eigenvalue weighted by atomic mass is 35.5. The summed E-state index contributed by atoms with van der Waals surface area (Å²) in [7, 11) is -0.447. The minimum Gasteiger partial charge on any atom is -0.496 e. The molecule has 0 heterocycles. The summed E-state index contributed by atoms with van der Waals surface area (Å²) in [4.78, 5) is 0.282. The third kappa shape index (κ3) is 4.00. The minimum atomic E-state index is -3.61. The average molecular weight is 373 g/mol. The molecule has 2 rings (SSSR count). The SMILES string of the molecule is COc1ccc(S(=O)(=O)N(C)CC(C)(C)CN)c2ccccc12.Cl. The molecule has 0 fully saturated rings. The van der Waals surface area contributed by atoms with E-state index < -0.39 is 10.0 Å². The van der Waals surface area contributed by atoms with Crippen molar-refractivity contribution in [3.8, 4) is 5.75 Å². The van der Waals surface area contributed by atoms with E-state index in [1.807, 2.05) is 32.0 Å². The quantitative estimate of drug-likeness (QED) is 0.846. The largest absolute Gasteiger partial charge is 0.496 e. The first-order chi connectivity index (χ1) is 10.7. The summed E-state index contributed by atoms with van der Waals surface area (Å²) in [6.45, 7) is 4.67. The summed E-state index contributed by atoms with van der Waals surface area (Å²) in [5.41, 5.74) is 5.44. The van der Waals surface area contributed by atoms with Gasteiger partial charge in [0.2, 0.25) is 10.0 Å². The number of halogens is 1. The van der Waals surface area contributed by atoms with Crippen LogP contribution in [0.4, 0.5) is 0 Å². The fourth-order valence-corrected chi connectivity index (χ4v) is 4.12. The molecule has 0 atom stereocenters. The molecular formula is C17H25ClN2O3S. The van der Waals surface area contributed by atoms with E-state index in [1.165, 1.54) is 4.31 Å². The van der Waals surface area contributed by atoms with Gasteiger partial charge in [-0.15, -0.1) is 12.4 Å². The standard InChI is InChI=1S/C17H24N2O3S.ClH/c1-17(2,11-18)12-19(3)23(20,21)16-10-9-15(22-4)13-7-5-6-8-14(13)16;/h5-10H,11-12,18H2,1-4H3;1H.